The average molecular weight is 471 g/mol. The van der Waals surface area contributed by atoms with Gasteiger partial charge in [0.15, 0.2) is 10.9 Å². The van der Waals surface area contributed by atoms with Crippen LogP contribution < -0.4 is 16.4 Å². The van der Waals surface area contributed by atoms with E-state index in [-0.39, 0.29) is 23.6 Å². The van der Waals surface area contributed by atoms with Crippen molar-refractivity contribution in [2.75, 3.05) is 5.75 Å². The van der Waals surface area contributed by atoms with Gasteiger partial charge in [-0.3, -0.25) is 29.8 Å². The van der Waals surface area contributed by atoms with Crippen molar-refractivity contribution in [1.82, 2.24) is 20.4 Å². The first-order valence-corrected chi connectivity index (χ1v) is 11.7. The molecule has 0 radical (unpaired) electrons. The molecular formula is C21H18N4O5S2. The number of hydrogen-bond acceptors (Lipinski definition) is 8. The number of nitrogens with zero attached hydrogens (tertiary/aromatic N) is 2. The lowest BCUT2D eigenvalue weighted by molar-refractivity contribution is -0.119. The first-order valence-electron chi connectivity index (χ1n) is 9.93. The molecule has 0 fully saturated rings. The van der Waals surface area contributed by atoms with Crippen LogP contribution in [-0.4, -0.2) is 27.1 Å². The lowest BCUT2D eigenvalue weighted by atomic mass is 10.2. The number of aryl methyl sites for hydroxylation is 2. The standard InChI is InChI=1S/C21H18N4O5S2/c26-16(23-24-18(27)14-6-3-9-30-14)11-31-21-22-19-17(13-5-1-7-15(13)32-19)20(28)25(21)10-12-4-2-8-29-12/h2-4,6,8-9H,1,5,7,10-11H2,(H,23,26)(H,24,27). The van der Waals surface area contributed by atoms with Crippen LogP contribution in [0.5, 0.6) is 0 Å². The van der Waals surface area contributed by atoms with Crippen LogP contribution in [0.1, 0.15) is 33.2 Å². The van der Waals surface area contributed by atoms with Gasteiger partial charge < -0.3 is 8.83 Å². The van der Waals surface area contributed by atoms with Gasteiger partial charge in [0.2, 0.25) is 5.91 Å². The monoisotopic (exact) mass is 470 g/mol. The predicted octanol–water partition coefficient (Wildman–Crippen LogP) is 2.73. The van der Waals surface area contributed by atoms with Crippen LogP contribution in [0, 0.1) is 0 Å². The number of thioether (sulfide) groups is 1. The van der Waals surface area contributed by atoms with Gasteiger partial charge in [-0.25, -0.2) is 4.98 Å². The fourth-order valence-electron chi connectivity index (χ4n) is 3.63. The van der Waals surface area contributed by atoms with E-state index in [0.29, 0.717) is 21.1 Å². The number of thiophene rings is 1. The Bertz CT molecular complexity index is 1340. The van der Waals surface area contributed by atoms with E-state index in [4.69, 9.17) is 13.8 Å². The van der Waals surface area contributed by atoms with Crippen LogP contribution in [0.2, 0.25) is 0 Å². The third-order valence-electron chi connectivity index (χ3n) is 5.08. The highest BCUT2D eigenvalue weighted by atomic mass is 32.2. The molecule has 32 heavy (non-hydrogen) atoms. The lowest BCUT2D eigenvalue weighted by Gasteiger charge is -2.11. The molecule has 1 aliphatic carbocycles. The Morgan fingerprint density at radius 3 is 2.78 bits per heavy atom. The van der Waals surface area contributed by atoms with Crippen molar-refractivity contribution in [3.63, 3.8) is 0 Å². The fourth-order valence-corrected chi connectivity index (χ4v) is 5.73. The minimum atomic E-state index is -0.560. The Morgan fingerprint density at radius 1 is 1.16 bits per heavy atom. The van der Waals surface area contributed by atoms with Gasteiger partial charge in [-0.05, 0) is 49.1 Å². The van der Waals surface area contributed by atoms with Crippen molar-refractivity contribution in [2.45, 2.75) is 31.0 Å². The Hall–Kier alpha value is -3.31. The summed E-state index contributed by atoms with van der Waals surface area (Å²) in [6.45, 7) is 0.221. The van der Waals surface area contributed by atoms with Gasteiger partial charge in [-0.2, -0.15) is 0 Å². The Kier molecular flexibility index (Phi) is 5.58. The lowest BCUT2D eigenvalue weighted by Crippen LogP contribution is -2.42. The molecule has 164 valence electrons. The normalized spacial score (nSPS) is 12.8. The molecule has 5 rings (SSSR count). The topological polar surface area (TPSA) is 119 Å². The van der Waals surface area contributed by atoms with E-state index in [1.165, 1.54) is 17.2 Å². The zero-order valence-corrected chi connectivity index (χ0v) is 18.4. The summed E-state index contributed by atoms with van der Waals surface area (Å²) >= 11 is 2.68. The number of nitrogens with one attached hydrogen (secondary N) is 2. The van der Waals surface area contributed by atoms with Crippen molar-refractivity contribution in [1.29, 1.82) is 0 Å². The van der Waals surface area contributed by atoms with Gasteiger partial charge in [0, 0.05) is 4.88 Å². The number of fused-ring (bicyclic) bond motifs is 3. The van der Waals surface area contributed by atoms with E-state index in [9.17, 15) is 14.4 Å². The average Bonchev–Trinajstić information content (AvgIpc) is 3.57. The summed E-state index contributed by atoms with van der Waals surface area (Å²) in [6.07, 6.45) is 5.82. The van der Waals surface area contributed by atoms with E-state index in [0.717, 1.165) is 36.6 Å². The molecule has 0 aliphatic heterocycles. The molecule has 4 heterocycles. The molecular weight excluding hydrogens is 452 g/mol. The van der Waals surface area contributed by atoms with Crippen molar-refractivity contribution in [3.8, 4) is 0 Å². The largest absolute Gasteiger partial charge is 0.467 e. The summed E-state index contributed by atoms with van der Waals surface area (Å²) in [5, 5.41) is 1.10. The van der Waals surface area contributed by atoms with E-state index in [2.05, 4.69) is 10.9 Å². The second kappa shape index (κ2) is 8.67. The molecule has 0 saturated carbocycles. The maximum absolute atomic E-state index is 13.4. The first-order chi connectivity index (χ1) is 15.6. The van der Waals surface area contributed by atoms with Crippen molar-refractivity contribution in [3.05, 3.63) is 69.1 Å². The highest BCUT2D eigenvalue weighted by molar-refractivity contribution is 7.99. The van der Waals surface area contributed by atoms with Gasteiger partial charge in [0.25, 0.3) is 5.56 Å². The molecule has 2 amide bonds. The number of hydrazine groups is 1. The number of hydrogen-bond donors (Lipinski definition) is 2. The van der Waals surface area contributed by atoms with Crippen molar-refractivity contribution in [2.24, 2.45) is 0 Å². The van der Waals surface area contributed by atoms with Gasteiger partial charge >= 0.3 is 5.91 Å². The highest BCUT2D eigenvalue weighted by Gasteiger charge is 2.24. The molecule has 0 saturated heterocycles. The summed E-state index contributed by atoms with van der Waals surface area (Å²) in [6, 6.07) is 6.62. The first kappa shape index (κ1) is 20.6. The van der Waals surface area contributed by atoms with Gasteiger partial charge in [0.1, 0.15) is 10.6 Å². The van der Waals surface area contributed by atoms with Crippen LogP contribution in [0.4, 0.5) is 0 Å². The molecule has 0 spiro atoms. The highest BCUT2D eigenvalue weighted by Crippen LogP contribution is 2.35. The number of carbonyl (C=O) groups excluding carboxylic acids is 2. The summed E-state index contributed by atoms with van der Waals surface area (Å²) in [5.41, 5.74) is 5.61. The minimum absolute atomic E-state index is 0.0420. The zero-order chi connectivity index (χ0) is 22.1. The van der Waals surface area contributed by atoms with Gasteiger partial charge in [-0.15, -0.1) is 11.3 Å². The van der Waals surface area contributed by atoms with Gasteiger partial charge in [-0.1, -0.05) is 11.8 Å². The zero-order valence-electron chi connectivity index (χ0n) is 16.8. The minimum Gasteiger partial charge on any atom is -0.467 e. The SMILES string of the molecule is O=C(CSc1nc2sc3c(c2c(=O)n1Cc1ccco1)CCC3)NNC(=O)c1ccco1. The van der Waals surface area contributed by atoms with Gasteiger partial charge in [0.05, 0.1) is 30.2 Å². The smallest absolute Gasteiger partial charge is 0.305 e. The Morgan fingerprint density at radius 2 is 2.00 bits per heavy atom. The Balaban J connectivity index is 1.37. The molecule has 0 bridgehead atoms. The van der Waals surface area contributed by atoms with Crippen molar-refractivity contribution < 1.29 is 18.4 Å². The number of furan rings is 2. The second-order valence-electron chi connectivity index (χ2n) is 7.17. The summed E-state index contributed by atoms with van der Waals surface area (Å²) < 4.78 is 12.0. The third-order valence-corrected chi connectivity index (χ3v) is 7.24. The van der Waals surface area contributed by atoms with Crippen LogP contribution >= 0.6 is 23.1 Å². The summed E-state index contributed by atoms with van der Waals surface area (Å²) in [5.74, 6) is -0.335. The molecule has 9 nitrogen and oxygen atoms in total. The molecule has 0 atom stereocenters. The number of aromatic nitrogens is 2. The summed E-state index contributed by atoms with van der Waals surface area (Å²) in [4.78, 5) is 44.2. The van der Waals surface area contributed by atoms with Crippen LogP contribution in [-0.2, 0) is 24.2 Å². The molecule has 2 N–H and O–H groups in total. The molecule has 0 unspecified atom stereocenters. The fraction of sp³-hybridized carbons (Fsp3) is 0.238. The number of carbonyl (C=O) groups is 2. The Labute approximate surface area is 189 Å². The van der Waals surface area contributed by atoms with Crippen LogP contribution in [0.25, 0.3) is 10.2 Å². The van der Waals surface area contributed by atoms with Crippen molar-refractivity contribution >= 4 is 45.1 Å². The maximum Gasteiger partial charge on any atom is 0.305 e. The van der Waals surface area contributed by atoms with E-state index < -0.39 is 11.8 Å². The van der Waals surface area contributed by atoms with Crippen LogP contribution in [0.15, 0.2) is 55.6 Å². The summed E-state index contributed by atoms with van der Waals surface area (Å²) in [7, 11) is 0. The predicted molar refractivity (Wildman–Crippen MR) is 119 cm³/mol. The second-order valence-corrected chi connectivity index (χ2v) is 9.20. The van der Waals surface area contributed by atoms with E-state index in [1.807, 2.05) is 0 Å². The molecule has 4 aromatic rings. The molecule has 11 heteroatoms. The quantitative estimate of drug-likeness (QED) is 0.253. The molecule has 0 aromatic carbocycles. The molecule has 4 aromatic heterocycles. The number of rotatable bonds is 6. The third kappa shape index (κ3) is 3.96. The number of amides is 2. The van der Waals surface area contributed by atoms with E-state index >= 15 is 0 Å². The molecule has 1 aliphatic rings. The maximum atomic E-state index is 13.4. The van der Waals surface area contributed by atoms with Crippen LogP contribution in [0.3, 0.4) is 0 Å². The van der Waals surface area contributed by atoms with E-state index in [1.54, 1.807) is 40.4 Å².